The van der Waals surface area contributed by atoms with Gasteiger partial charge < -0.3 is 10.5 Å². The van der Waals surface area contributed by atoms with Gasteiger partial charge in [-0.05, 0) is 12.1 Å². The van der Waals surface area contributed by atoms with Crippen LogP contribution in [0.1, 0.15) is 0 Å². The highest BCUT2D eigenvalue weighted by Gasteiger charge is 2.05. The predicted octanol–water partition coefficient (Wildman–Crippen LogP) is 2.98. The molecule has 0 saturated carbocycles. The number of aliphatic imine (C=N–C) groups is 1. The standard InChI is InChI=1S/C13H13Cl2FN4O/c14-6-13(17)19-10-1-2-12(11(16)5-10)21-4-3-20-8-9(15)7-18-20/h1-2,5,7-8H,3-4,6H2,(H2,17,19). The minimum atomic E-state index is -0.517. The van der Waals surface area contributed by atoms with E-state index in [9.17, 15) is 4.39 Å². The molecule has 0 aliphatic heterocycles. The Morgan fingerprint density at radius 1 is 1.48 bits per heavy atom. The van der Waals surface area contributed by atoms with Crippen LogP contribution in [0, 0.1) is 5.82 Å². The molecule has 2 N–H and O–H groups in total. The van der Waals surface area contributed by atoms with Crippen molar-refractivity contribution >= 4 is 34.7 Å². The van der Waals surface area contributed by atoms with Crippen molar-refractivity contribution in [2.45, 2.75) is 6.54 Å². The highest BCUT2D eigenvalue weighted by atomic mass is 35.5. The first-order chi connectivity index (χ1) is 10.1. The van der Waals surface area contributed by atoms with Gasteiger partial charge in [0.25, 0.3) is 0 Å². The first kappa shape index (κ1) is 15.6. The molecule has 1 aromatic heterocycles. The normalized spacial score (nSPS) is 11.7. The number of hydrogen-bond acceptors (Lipinski definition) is 3. The maximum absolute atomic E-state index is 13.8. The third-order valence-corrected chi connectivity index (χ3v) is 2.97. The van der Waals surface area contributed by atoms with Crippen LogP contribution < -0.4 is 10.5 Å². The van der Waals surface area contributed by atoms with Gasteiger partial charge in [0.05, 0.1) is 29.3 Å². The molecular formula is C13H13Cl2FN4O. The lowest BCUT2D eigenvalue weighted by molar-refractivity contribution is 0.278. The van der Waals surface area contributed by atoms with E-state index in [0.29, 0.717) is 17.3 Å². The van der Waals surface area contributed by atoms with Gasteiger partial charge in [-0.2, -0.15) is 5.10 Å². The third-order valence-electron chi connectivity index (χ3n) is 2.50. The molecule has 0 radical (unpaired) electrons. The second-order valence-electron chi connectivity index (χ2n) is 4.12. The van der Waals surface area contributed by atoms with Crippen LogP contribution in [0.5, 0.6) is 5.75 Å². The Bertz CT molecular complexity index is 645. The topological polar surface area (TPSA) is 65.4 Å². The van der Waals surface area contributed by atoms with Crippen molar-refractivity contribution in [1.82, 2.24) is 9.78 Å². The van der Waals surface area contributed by atoms with Gasteiger partial charge in [0, 0.05) is 12.3 Å². The van der Waals surface area contributed by atoms with Crippen LogP contribution in [0.25, 0.3) is 0 Å². The quantitative estimate of drug-likeness (QED) is 0.503. The second kappa shape index (κ2) is 7.28. The minimum Gasteiger partial charge on any atom is -0.489 e. The lowest BCUT2D eigenvalue weighted by Crippen LogP contribution is -2.12. The van der Waals surface area contributed by atoms with E-state index in [1.165, 1.54) is 18.3 Å². The fraction of sp³-hybridized carbons (Fsp3) is 0.231. The zero-order valence-corrected chi connectivity index (χ0v) is 12.5. The third kappa shape index (κ3) is 4.61. The molecule has 5 nitrogen and oxygen atoms in total. The smallest absolute Gasteiger partial charge is 0.167 e. The van der Waals surface area contributed by atoms with Crippen LogP contribution in [-0.4, -0.2) is 28.1 Å². The molecule has 0 atom stereocenters. The van der Waals surface area contributed by atoms with Crippen LogP contribution in [0.3, 0.4) is 0 Å². The number of aromatic nitrogens is 2. The van der Waals surface area contributed by atoms with E-state index in [4.69, 9.17) is 33.7 Å². The molecule has 0 spiro atoms. The van der Waals surface area contributed by atoms with Gasteiger partial charge in [0.15, 0.2) is 11.6 Å². The Hall–Kier alpha value is -1.79. The van der Waals surface area contributed by atoms with E-state index in [2.05, 4.69) is 10.1 Å². The van der Waals surface area contributed by atoms with Gasteiger partial charge in [0.1, 0.15) is 12.4 Å². The van der Waals surface area contributed by atoms with Gasteiger partial charge in [0.2, 0.25) is 0 Å². The Morgan fingerprint density at radius 3 is 2.90 bits per heavy atom. The van der Waals surface area contributed by atoms with Crippen LogP contribution in [0.2, 0.25) is 5.02 Å². The number of hydrogen-bond donors (Lipinski definition) is 1. The number of amidine groups is 1. The minimum absolute atomic E-state index is 0.0896. The van der Waals surface area contributed by atoms with Crippen molar-refractivity contribution in [1.29, 1.82) is 0 Å². The van der Waals surface area contributed by atoms with E-state index < -0.39 is 5.82 Å². The van der Waals surface area contributed by atoms with Crippen molar-refractivity contribution in [2.24, 2.45) is 10.7 Å². The molecular weight excluding hydrogens is 318 g/mol. The van der Waals surface area contributed by atoms with Crippen LogP contribution in [0.4, 0.5) is 10.1 Å². The van der Waals surface area contributed by atoms with Crippen molar-refractivity contribution in [3.63, 3.8) is 0 Å². The maximum atomic E-state index is 13.8. The SMILES string of the molecule is NC(CCl)=Nc1ccc(OCCn2cc(Cl)cn2)c(F)c1. The van der Waals surface area contributed by atoms with Gasteiger partial charge in [-0.15, -0.1) is 11.6 Å². The summed E-state index contributed by atoms with van der Waals surface area (Å²) in [5.74, 6) is -0.0687. The highest BCUT2D eigenvalue weighted by molar-refractivity contribution is 6.30. The van der Waals surface area contributed by atoms with Crippen LogP contribution in [-0.2, 0) is 6.54 Å². The molecule has 21 heavy (non-hydrogen) atoms. The van der Waals surface area contributed by atoms with Crippen molar-refractivity contribution in [3.8, 4) is 5.75 Å². The predicted molar refractivity (Wildman–Crippen MR) is 81.1 cm³/mol. The average molecular weight is 331 g/mol. The lowest BCUT2D eigenvalue weighted by atomic mass is 10.3. The number of rotatable bonds is 6. The molecule has 8 heteroatoms. The summed E-state index contributed by atoms with van der Waals surface area (Å²) in [6.45, 7) is 0.729. The van der Waals surface area contributed by atoms with E-state index >= 15 is 0 Å². The molecule has 0 saturated heterocycles. The number of alkyl halides is 1. The summed E-state index contributed by atoms with van der Waals surface area (Å²) in [7, 11) is 0. The van der Waals surface area contributed by atoms with Crippen LogP contribution >= 0.6 is 23.2 Å². The number of nitrogens with two attached hydrogens (primary N) is 1. The highest BCUT2D eigenvalue weighted by Crippen LogP contribution is 2.23. The molecule has 2 rings (SSSR count). The maximum Gasteiger partial charge on any atom is 0.167 e. The fourth-order valence-corrected chi connectivity index (χ4v) is 1.80. The summed E-state index contributed by atoms with van der Waals surface area (Å²) in [5.41, 5.74) is 5.87. The number of ether oxygens (including phenoxy) is 1. The largest absolute Gasteiger partial charge is 0.489 e. The Balaban J connectivity index is 1.94. The van der Waals surface area contributed by atoms with Gasteiger partial charge in [-0.3, -0.25) is 4.68 Å². The van der Waals surface area contributed by atoms with E-state index in [1.54, 1.807) is 16.9 Å². The first-order valence-electron chi connectivity index (χ1n) is 6.08. The van der Waals surface area contributed by atoms with Gasteiger partial charge >= 0.3 is 0 Å². The Morgan fingerprint density at radius 2 is 2.29 bits per heavy atom. The first-order valence-corrected chi connectivity index (χ1v) is 6.99. The van der Waals surface area contributed by atoms with Crippen LogP contribution in [0.15, 0.2) is 35.6 Å². The Kier molecular flexibility index (Phi) is 5.41. The van der Waals surface area contributed by atoms with Gasteiger partial charge in [-0.25, -0.2) is 9.38 Å². The number of benzene rings is 1. The monoisotopic (exact) mass is 330 g/mol. The molecule has 0 unspecified atom stereocenters. The fourth-order valence-electron chi connectivity index (χ4n) is 1.58. The lowest BCUT2D eigenvalue weighted by Gasteiger charge is -2.08. The molecule has 1 heterocycles. The second-order valence-corrected chi connectivity index (χ2v) is 4.83. The summed E-state index contributed by atoms with van der Waals surface area (Å²) in [5, 5.41) is 4.53. The van der Waals surface area contributed by atoms with Crippen molar-refractivity contribution in [2.75, 3.05) is 12.5 Å². The summed E-state index contributed by atoms with van der Waals surface area (Å²) in [6, 6.07) is 4.33. The molecule has 112 valence electrons. The molecule has 0 fully saturated rings. The van der Waals surface area contributed by atoms with E-state index in [-0.39, 0.29) is 24.1 Å². The average Bonchev–Trinajstić information content (AvgIpc) is 2.87. The molecule has 1 aromatic carbocycles. The van der Waals surface area contributed by atoms with Crippen molar-refractivity contribution < 1.29 is 9.13 Å². The summed E-state index contributed by atoms with van der Waals surface area (Å²) < 4.78 is 20.8. The van der Waals surface area contributed by atoms with E-state index in [1.807, 2.05) is 0 Å². The van der Waals surface area contributed by atoms with Crippen molar-refractivity contribution in [3.05, 3.63) is 41.4 Å². The number of nitrogens with zero attached hydrogens (tertiary/aromatic N) is 3. The van der Waals surface area contributed by atoms with E-state index in [0.717, 1.165) is 0 Å². The summed E-state index contributed by atoms with van der Waals surface area (Å²) in [4.78, 5) is 3.95. The Labute approximate surface area is 131 Å². The molecule has 2 aromatic rings. The van der Waals surface area contributed by atoms with Gasteiger partial charge in [-0.1, -0.05) is 11.6 Å². The molecule has 0 aliphatic rings. The molecule has 0 amide bonds. The summed E-state index contributed by atoms with van der Waals surface area (Å²) >= 11 is 11.2. The molecule has 0 aliphatic carbocycles. The molecule has 0 bridgehead atoms. The summed E-state index contributed by atoms with van der Waals surface area (Å²) in [6.07, 6.45) is 3.18. The number of halogens is 3. The zero-order chi connectivity index (χ0) is 15.2. The zero-order valence-electron chi connectivity index (χ0n) is 11.0.